The van der Waals surface area contributed by atoms with E-state index in [1.165, 1.54) is 6.20 Å². The van der Waals surface area contributed by atoms with Crippen molar-refractivity contribution < 1.29 is 4.79 Å². The van der Waals surface area contributed by atoms with Crippen LogP contribution in [0.25, 0.3) is 0 Å². The van der Waals surface area contributed by atoms with Gasteiger partial charge in [0.05, 0.1) is 5.56 Å². The Hall–Kier alpha value is -2.99. The minimum atomic E-state index is -0.544. The monoisotopic (exact) mass is 255 g/mol. The number of benzene rings is 1. The number of amides is 1. The average Bonchev–Trinajstić information content (AvgIpc) is 2.39. The van der Waals surface area contributed by atoms with Crippen LogP contribution in [0, 0.1) is 22.7 Å². The highest BCUT2D eigenvalue weighted by Crippen LogP contribution is 2.22. The Morgan fingerprint density at radius 3 is 2.47 bits per heavy atom. The lowest BCUT2D eigenvalue weighted by Gasteiger charge is -2.16. The van der Waals surface area contributed by atoms with E-state index in [1.54, 1.807) is 49.3 Å². The van der Waals surface area contributed by atoms with Gasteiger partial charge < -0.3 is 16.0 Å². The second-order valence-electron chi connectivity index (χ2n) is 3.92. The fourth-order valence-corrected chi connectivity index (χ4v) is 1.46. The molecular weight excluding hydrogens is 242 g/mol. The van der Waals surface area contributed by atoms with E-state index in [0.29, 0.717) is 16.9 Å². The maximum atomic E-state index is 11.4. The van der Waals surface area contributed by atoms with Gasteiger partial charge >= 0.3 is 0 Å². The lowest BCUT2D eigenvalue weighted by atomic mass is 10.1. The highest BCUT2D eigenvalue weighted by atomic mass is 16.1. The second kappa shape index (κ2) is 6.08. The normalized spacial score (nSPS) is 8.84. The summed E-state index contributed by atoms with van der Waals surface area (Å²) in [5.41, 5.74) is 6.89. The number of allylic oxidation sites excluding steroid dienone is 1. The van der Waals surface area contributed by atoms with Gasteiger partial charge in [-0.25, -0.2) is 0 Å². The van der Waals surface area contributed by atoms with Crippen LogP contribution in [0.2, 0.25) is 0 Å². The molecule has 6 nitrogen and oxygen atoms in total. The van der Waals surface area contributed by atoms with Gasteiger partial charge in [-0.3, -0.25) is 4.79 Å². The predicted octanol–water partition coefficient (Wildman–Crippen LogP) is 1.19. The number of nitrogens with zero attached hydrogens (tertiary/aromatic N) is 3. The summed E-state index contributed by atoms with van der Waals surface area (Å²) < 4.78 is 0. The van der Waals surface area contributed by atoms with Crippen molar-refractivity contribution in [2.45, 2.75) is 0 Å². The molecule has 19 heavy (non-hydrogen) atoms. The first kappa shape index (κ1) is 14.1. The molecule has 0 bridgehead atoms. The van der Waals surface area contributed by atoms with Crippen molar-refractivity contribution in [2.75, 3.05) is 24.3 Å². The van der Waals surface area contributed by atoms with Gasteiger partial charge in [-0.05, 0) is 18.2 Å². The minimum Gasteiger partial charge on any atom is -0.377 e. The minimum absolute atomic E-state index is 0.0580. The molecule has 0 aliphatic carbocycles. The van der Waals surface area contributed by atoms with Gasteiger partial charge in [0.1, 0.15) is 17.7 Å². The van der Waals surface area contributed by atoms with E-state index in [9.17, 15) is 4.79 Å². The summed E-state index contributed by atoms with van der Waals surface area (Å²) in [6.45, 7) is 0. The molecule has 0 aliphatic heterocycles. The van der Waals surface area contributed by atoms with Crippen molar-refractivity contribution in [2.24, 2.45) is 5.73 Å². The maximum absolute atomic E-state index is 11.4. The molecule has 0 atom stereocenters. The van der Waals surface area contributed by atoms with Crippen LogP contribution in [0.5, 0.6) is 0 Å². The van der Waals surface area contributed by atoms with Crippen molar-refractivity contribution >= 4 is 17.3 Å². The van der Waals surface area contributed by atoms with E-state index in [0.717, 1.165) is 0 Å². The van der Waals surface area contributed by atoms with E-state index in [4.69, 9.17) is 16.3 Å². The molecule has 6 heteroatoms. The first-order valence-electron chi connectivity index (χ1n) is 5.37. The Kier molecular flexibility index (Phi) is 4.50. The van der Waals surface area contributed by atoms with E-state index in [1.807, 2.05) is 0 Å². The van der Waals surface area contributed by atoms with Crippen LogP contribution in [-0.4, -0.2) is 20.0 Å². The van der Waals surface area contributed by atoms with Gasteiger partial charge in [0.25, 0.3) is 5.91 Å². The predicted molar refractivity (Wildman–Crippen MR) is 72.2 cm³/mol. The van der Waals surface area contributed by atoms with Crippen LogP contribution in [0.3, 0.4) is 0 Å². The number of hydrogen-bond acceptors (Lipinski definition) is 5. The Balaban J connectivity index is 3.11. The van der Waals surface area contributed by atoms with Crippen LogP contribution in [0.15, 0.2) is 30.0 Å². The van der Waals surface area contributed by atoms with Crippen molar-refractivity contribution in [1.29, 1.82) is 10.5 Å². The third-order valence-electron chi connectivity index (χ3n) is 2.37. The topological polar surface area (TPSA) is 106 Å². The van der Waals surface area contributed by atoms with Crippen molar-refractivity contribution in [1.82, 2.24) is 0 Å². The highest BCUT2D eigenvalue weighted by Gasteiger charge is 2.10. The number of nitrogens with one attached hydrogen (secondary N) is 1. The molecule has 96 valence electrons. The first-order valence-corrected chi connectivity index (χ1v) is 5.37. The standard InChI is InChI=1S/C13H13N5O/c1-18(2)12-4-3-10(5-11(12)13(16)19)17-8-9(6-14)7-15/h3-5,8,17H,1-2H3,(H2,16,19). The third kappa shape index (κ3) is 3.48. The number of primary amides is 1. The van der Waals surface area contributed by atoms with E-state index >= 15 is 0 Å². The molecule has 3 N–H and O–H groups in total. The summed E-state index contributed by atoms with van der Waals surface area (Å²) in [7, 11) is 3.61. The first-order chi connectivity index (χ1) is 8.99. The average molecular weight is 255 g/mol. The highest BCUT2D eigenvalue weighted by molar-refractivity contribution is 5.99. The largest absolute Gasteiger partial charge is 0.377 e. The third-order valence-corrected chi connectivity index (χ3v) is 2.37. The van der Waals surface area contributed by atoms with Gasteiger partial charge in [-0.1, -0.05) is 0 Å². The van der Waals surface area contributed by atoms with Gasteiger partial charge in [0.2, 0.25) is 0 Å². The summed E-state index contributed by atoms with van der Waals surface area (Å²) in [6.07, 6.45) is 1.27. The van der Waals surface area contributed by atoms with Crippen molar-refractivity contribution in [3.8, 4) is 12.1 Å². The van der Waals surface area contributed by atoms with E-state index in [-0.39, 0.29) is 5.57 Å². The van der Waals surface area contributed by atoms with Gasteiger partial charge in [0.15, 0.2) is 0 Å². The fourth-order valence-electron chi connectivity index (χ4n) is 1.46. The Morgan fingerprint density at radius 2 is 2.00 bits per heavy atom. The van der Waals surface area contributed by atoms with Gasteiger partial charge in [-0.2, -0.15) is 10.5 Å². The van der Waals surface area contributed by atoms with Crippen molar-refractivity contribution in [3.05, 3.63) is 35.5 Å². The van der Waals surface area contributed by atoms with Crippen LogP contribution in [-0.2, 0) is 0 Å². The van der Waals surface area contributed by atoms with Crippen LogP contribution >= 0.6 is 0 Å². The molecule has 0 heterocycles. The summed E-state index contributed by atoms with van der Waals surface area (Å²) in [5, 5.41) is 20.0. The van der Waals surface area contributed by atoms with E-state index < -0.39 is 5.91 Å². The summed E-state index contributed by atoms with van der Waals surface area (Å²) in [5.74, 6) is -0.544. The molecule has 0 saturated carbocycles. The fraction of sp³-hybridized carbons (Fsp3) is 0.154. The number of hydrogen-bond donors (Lipinski definition) is 2. The number of carbonyl (C=O) groups excluding carboxylic acids is 1. The smallest absolute Gasteiger partial charge is 0.250 e. The van der Waals surface area contributed by atoms with Crippen LogP contribution in [0.1, 0.15) is 10.4 Å². The zero-order chi connectivity index (χ0) is 14.4. The molecule has 1 amide bonds. The molecule has 1 aromatic carbocycles. The molecule has 0 aliphatic rings. The van der Waals surface area contributed by atoms with Crippen LogP contribution < -0.4 is 16.0 Å². The molecule has 1 aromatic rings. The zero-order valence-electron chi connectivity index (χ0n) is 10.6. The number of nitriles is 2. The summed E-state index contributed by atoms with van der Waals surface area (Å²) in [6, 6.07) is 8.48. The number of carbonyl (C=O) groups is 1. The lowest BCUT2D eigenvalue weighted by molar-refractivity contribution is 0.100. The quantitative estimate of drug-likeness (QED) is 0.786. The van der Waals surface area contributed by atoms with Crippen LogP contribution in [0.4, 0.5) is 11.4 Å². The van der Waals surface area contributed by atoms with Gasteiger partial charge in [-0.15, -0.1) is 0 Å². The zero-order valence-corrected chi connectivity index (χ0v) is 10.6. The Labute approximate surface area is 111 Å². The maximum Gasteiger partial charge on any atom is 0.250 e. The van der Waals surface area contributed by atoms with Crippen molar-refractivity contribution in [3.63, 3.8) is 0 Å². The van der Waals surface area contributed by atoms with E-state index in [2.05, 4.69) is 5.32 Å². The Bertz CT molecular complexity index is 588. The molecule has 0 saturated heterocycles. The summed E-state index contributed by atoms with van der Waals surface area (Å²) in [4.78, 5) is 13.2. The molecule has 0 radical (unpaired) electrons. The second-order valence-corrected chi connectivity index (χ2v) is 3.92. The molecule has 1 rings (SSSR count). The molecule has 0 unspecified atom stereocenters. The Morgan fingerprint density at radius 1 is 1.37 bits per heavy atom. The molecular formula is C13H13N5O. The molecule has 0 spiro atoms. The number of nitrogens with two attached hydrogens (primary N) is 1. The summed E-state index contributed by atoms with van der Waals surface area (Å²) >= 11 is 0. The number of rotatable bonds is 4. The molecule has 0 fully saturated rings. The lowest BCUT2D eigenvalue weighted by Crippen LogP contribution is -2.18. The number of anilines is 2. The SMILES string of the molecule is CN(C)c1ccc(NC=C(C#N)C#N)cc1C(N)=O. The van der Waals surface area contributed by atoms with Gasteiger partial charge in [0, 0.05) is 31.7 Å². The molecule has 0 aromatic heterocycles.